The predicted octanol–water partition coefficient (Wildman–Crippen LogP) is 3.03. The van der Waals surface area contributed by atoms with Crippen LogP contribution in [0, 0.1) is 5.41 Å². The van der Waals surface area contributed by atoms with Gasteiger partial charge in [-0.2, -0.15) is 0 Å². The van der Waals surface area contributed by atoms with E-state index >= 15 is 0 Å². The van der Waals surface area contributed by atoms with Crippen LogP contribution in [-0.2, 0) is 4.57 Å². The minimum atomic E-state index is 0.0432. The molecule has 13 heavy (non-hydrogen) atoms. The summed E-state index contributed by atoms with van der Waals surface area (Å²) in [6, 6.07) is 0. The summed E-state index contributed by atoms with van der Waals surface area (Å²) < 4.78 is 10.7. The van der Waals surface area contributed by atoms with E-state index < -0.39 is 0 Å². The minimum absolute atomic E-state index is 0.0432. The van der Waals surface area contributed by atoms with Gasteiger partial charge in [0.15, 0.2) is 8.46 Å². The number of nitrogens with zero attached hydrogens (tertiary/aromatic N) is 1. The van der Waals surface area contributed by atoms with Crippen LogP contribution in [0.3, 0.4) is 0 Å². The number of rotatable bonds is 4. The van der Waals surface area contributed by atoms with Gasteiger partial charge in [0.25, 0.3) is 0 Å². The summed E-state index contributed by atoms with van der Waals surface area (Å²) >= 11 is 0. The van der Waals surface area contributed by atoms with Crippen LogP contribution in [0.25, 0.3) is 0 Å². The Kier molecular flexibility index (Phi) is 4.54. The number of hydrogen-bond acceptors (Lipinski definition) is 2. The highest BCUT2D eigenvalue weighted by atomic mass is 31.1. The Morgan fingerprint density at radius 3 is 1.85 bits per heavy atom. The monoisotopic (exact) mass is 203 g/mol. The molecule has 0 radical (unpaired) electrons. The van der Waals surface area contributed by atoms with Crippen LogP contribution in [0.4, 0.5) is 0 Å². The second-order valence-electron chi connectivity index (χ2n) is 5.42. The Morgan fingerprint density at radius 1 is 1.15 bits per heavy atom. The van der Waals surface area contributed by atoms with E-state index in [1.54, 1.807) is 0 Å². The second kappa shape index (κ2) is 4.52. The zero-order valence-corrected chi connectivity index (χ0v) is 10.6. The van der Waals surface area contributed by atoms with Gasteiger partial charge in [-0.05, 0) is 32.9 Å². The molecule has 0 aliphatic heterocycles. The van der Waals surface area contributed by atoms with E-state index in [2.05, 4.69) is 46.7 Å². The van der Waals surface area contributed by atoms with Gasteiger partial charge in [0.2, 0.25) is 0 Å². The molecule has 1 unspecified atom stereocenters. The average molecular weight is 203 g/mol. The van der Waals surface area contributed by atoms with Gasteiger partial charge >= 0.3 is 0 Å². The first-order valence-corrected chi connectivity index (χ1v) is 5.68. The van der Waals surface area contributed by atoms with Crippen molar-refractivity contribution in [1.82, 2.24) is 4.90 Å². The molecule has 0 aromatic rings. The zero-order chi connectivity index (χ0) is 10.7. The molecule has 0 spiro atoms. The lowest BCUT2D eigenvalue weighted by atomic mass is 9.81. The van der Waals surface area contributed by atoms with Crippen molar-refractivity contribution in [3.05, 3.63) is 0 Å². The van der Waals surface area contributed by atoms with E-state index in [1.807, 2.05) is 0 Å². The second-order valence-corrected chi connectivity index (χ2v) is 5.99. The molecule has 2 nitrogen and oxygen atoms in total. The van der Waals surface area contributed by atoms with Crippen LogP contribution in [0.2, 0.25) is 0 Å². The van der Waals surface area contributed by atoms with Gasteiger partial charge in [-0.3, -0.25) is 4.57 Å². The van der Waals surface area contributed by atoms with Gasteiger partial charge in [-0.1, -0.05) is 20.8 Å². The third kappa shape index (κ3) is 4.73. The topological polar surface area (TPSA) is 20.3 Å². The van der Waals surface area contributed by atoms with Crippen molar-refractivity contribution in [2.24, 2.45) is 5.41 Å². The van der Waals surface area contributed by atoms with E-state index in [0.717, 1.165) is 6.42 Å². The maximum absolute atomic E-state index is 10.7. The molecule has 0 fully saturated rings. The SMILES string of the molecule is CN(C)C(C)(CP=O)CC(C)(C)C. The molecule has 3 heteroatoms. The summed E-state index contributed by atoms with van der Waals surface area (Å²) in [7, 11) is 4.35. The first-order valence-electron chi connectivity index (χ1n) is 4.68. The van der Waals surface area contributed by atoms with Crippen molar-refractivity contribution in [3.63, 3.8) is 0 Å². The standard InChI is InChI=1S/C10H22NOP/c1-9(2,3)7-10(4,8-13-12)11(5)6/h7-8H2,1-6H3. The van der Waals surface area contributed by atoms with E-state index in [1.165, 1.54) is 0 Å². The molecule has 0 rings (SSSR count). The lowest BCUT2D eigenvalue weighted by Crippen LogP contribution is -2.45. The van der Waals surface area contributed by atoms with Crippen molar-refractivity contribution in [2.45, 2.75) is 39.7 Å². The minimum Gasteiger partial charge on any atom is -0.303 e. The van der Waals surface area contributed by atoms with Gasteiger partial charge < -0.3 is 4.90 Å². The summed E-state index contributed by atoms with van der Waals surface area (Å²) in [5.41, 5.74) is 0.325. The van der Waals surface area contributed by atoms with E-state index in [0.29, 0.717) is 6.16 Å². The molecule has 78 valence electrons. The number of hydrogen-bond donors (Lipinski definition) is 0. The molecule has 0 aromatic heterocycles. The molecule has 0 aromatic carbocycles. The lowest BCUT2D eigenvalue weighted by molar-refractivity contribution is 0.133. The first-order chi connectivity index (χ1) is 5.71. The van der Waals surface area contributed by atoms with Crippen LogP contribution in [-0.4, -0.2) is 30.7 Å². The molecule has 0 saturated carbocycles. The highest BCUT2D eigenvalue weighted by Crippen LogP contribution is 2.32. The Bertz CT molecular complexity index is 174. The maximum Gasteiger partial charge on any atom is 0.157 e. The third-order valence-electron chi connectivity index (χ3n) is 2.40. The molecule has 0 aliphatic carbocycles. The van der Waals surface area contributed by atoms with Crippen LogP contribution in [0.5, 0.6) is 0 Å². The highest BCUT2D eigenvalue weighted by Gasteiger charge is 2.31. The van der Waals surface area contributed by atoms with Gasteiger partial charge in [-0.25, -0.2) is 0 Å². The van der Waals surface area contributed by atoms with Crippen molar-refractivity contribution >= 4 is 8.46 Å². The van der Waals surface area contributed by atoms with Crippen LogP contribution < -0.4 is 0 Å². The van der Waals surface area contributed by atoms with Gasteiger partial charge in [0.1, 0.15) is 0 Å². The van der Waals surface area contributed by atoms with Crippen molar-refractivity contribution < 1.29 is 4.57 Å². The van der Waals surface area contributed by atoms with Gasteiger partial charge in [0, 0.05) is 11.7 Å². The van der Waals surface area contributed by atoms with Crippen molar-refractivity contribution in [3.8, 4) is 0 Å². The van der Waals surface area contributed by atoms with E-state index in [4.69, 9.17) is 0 Å². The average Bonchev–Trinajstić information content (AvgIpc) is 1.82. The molecule has 1 atom stereocenters. The summed E-state index contributed by atoms with van der Waals surface area (Å²) in [4.78, 5) is 2.17. The van der Waals surface area contributed by atoms with Gasteiger partial charge in [-0.15, -0.1) is 0 Å². The molecular formula is C10H22NOP. The Labute approximate surface area is 83.9 Å². The summed E-state index contributed by atoms with van der Waals surface area (Å²) in [6.45, 7) is 8.83. The van der Waals surface area contributed by atoms with E-state index in [9.17, 15) is 4.57 Å². The fourth-order valence-electron chi connectivity index (χ4n) is 1.64. The first kappa shape index (κ1) is 13.1. The highest BCUT2D eigenvalue weighted by molar-refractivity contribution is 7.23. The normalized spacial score (nSPS) is 17.8. The predicted molar refractivity (Wildman–Crippen MR) is 58.6 cm³/mol. The largest absolute Gasteiger partial charge is 0.303 e. The Hall–Kier alpha value is 0.0600. The maximum atomic E-state index is 10.7. The molecule has 0 amide bonds. The molecule has 0 heterocycles. The molecule has 0 N–H and O–H groups in total. The third-order valence-corrected chi connectivity index (χ3v) is 3.21. The zero-order valence-electron chi connectivity index (χ0n) is 9.72. The van der Waals surface area contributed by atoms with Gasteiger partial charge in [0.05, 0.1) is 0 Å². The fourth-order valence-corrected chi connectivity index (χ4v) is 2.31. The van der Waals surface area contributed by atoms with Crippen LogP contribution in [0.15, 0.2) is 0 Å². The summed E-state index contributed by atoms with van der Waals surface area (Å²) in [5, 5.41) is 0. The molecule has 0 saturated heterocycles. The molecule has 0 aliphatic rings. The smallest absolute Gasteiger partial charge is 0.157 e. The summed E-state index contributed by atoms with van der Waals surface area (Å²) in [5.74, 6) is 0. The molecule has 0 bridgehead atoms. The van der Waals surface area contributed by atoms with Crippen LogP contribution >= 0.6 is 8.46 Å². The quantitative estimate of drug-likeness (QED) is 0.654. The van der Waals surface area contributed by atoms with Crippen molar-refractivity contribution in [2.75, 3.05) is 20.3 Å². The van der Waals surface area contributed by atoms with Crippen molar-refractivity contribution in [1.29, 1.82) is 0 Å². The van der Waals surface area contributed by atoms with Crippen LogP contribution in [0.1, 0.15) is 34.1 Å². The Morgan fingerprint density at radius 2 is 1.62 bits per heavy atom. The summed E-state index contributed by atoms with van der Waals surface area (Å²) in [6.07, 6.45) is 1.76. The lowest BCUT2D eigenvalue weighted by Gasteiger charge is -2.39. The molecular weight excluding hydrogens is 181 g/mol. The Balaban J connectivity index is 4.50. The van der Waals surface area contributed by atoms with E-state index in [-0.39, 0.29) is 19.4 Å². The fraction of sp³-hybridized carbons (Fsp3) is 1.00.